The number of H-pyrrole nitrogens is 1. The second kappa shape index (κ2) is 3.98. The Kier molecular flexibility index (Phi) is 2.85. The molecule has 1 N–H and O–H groups in total. The molecular formula is C11H6ClF4NO. The molecule has 0 unspecified atom stereocenters. The van der Waals surface area contributed by atoms with E-state index in [2.05, 4.69) is 0 Å². The molecule has 0 fully saturated rings. The van der Waals surface area contributed by atoms with Crippen molar-refractivity contribution in [3.05, 3.63) is 44.5 Å². The molecule has 0 aliphatic rings. The Hall–Kier alpha value is -1.56. The molecule has 0 saturated heterocycles. The van der Waals surface area contributed by atoms with Crippen molar-refractivity contribution in [2.24, 2.45) is 0 Å². The second-order valence-electron chi connectivity index (χ2n) is 3.73. The van der Waals surface area contributed by atoms with Gasteiger partial charge in [0.1, 0.15) is 11.5 Å². The van der Waals surface area contributed by atoms with Gasteiger partial charge in [-0.1, -0.05) is 11.6 Å². The summed E-state index contributed by atoms with van der Waals surface area (Å²) in [5, 5.41) is -0.369. The summed E-state index contributed by atoms with van der Waals surface area (Å²) in [6, 6.07) is 2.03. The number of aromatic amines is 1. The van der Waals surface area contributed by atoms with Crippen molar-refractivity contribution in [2.45, 2.75) is 13.1 Å². The highest BCUT2D eigenvalue weighted by atomic mass is 35.5. The van der Waals surface area contributed by atoms with E-state index in [0.717, 1.165) is 19.1 Å². The van der Waals surface area contributed by atoms with Crippen molar-refractivity contribution >= 4 is 22.5 Å². The molecule has 0 radical (unpaired) electrons. The normalized spacial score (nSPS) is 12.1. The smallest absolute Gasteiger partial charge is 0.348 e. The standard InChI is InChI=1S/C11H6ClF4NO/c1-4-9(18)7-5(12)2-3-6(13)8(7)17-10(4)11(14,15)16/h2-3H,1H3,(H,17,18). The molecule has 0 spiro atoms. The number of fused-ring (bicyclic) bond motifs is 1. The first-order chi connectivity index (χ1) is 8.23. The molecule has 1 heterocycles. The van der Waals surface area contributed by atoms with Gasteiger partial charge < -0.3 is 4.98 Å². The molecule has 1 aromatic heterocycles. The summed E-state index contributed by atoms with van der Waals surface area (Å²) < 4.78 is 51.4. The topological polar surface area (TPSA) is 32.9 Å². The maximum absolute atomic E-state index is 13.4. The predicted octanol–water partition coefficient (Wildman–Crippen LogP) is 3.65. The number of nitrogens with one attached hydrogen (secondary N) is 1. The molecule has 0 saturated carbocycles. The van der Waals surface area contributed by atoms with E-state index >= 15 is 0 Å². The van der Waals surface area contributed by atoms with Gasteiger partial charge in [-0.3, -0.25) is 4.79 Å². The Labute approximate surface area is 103 Å². The number of alkyl halides is 3. The largest absolute Gasteiger partial charge is 0.431 e. The SMILES string of the molecule is Cc1c(C(F)(F)F)[nH]c2c(F)ccc(Cl)c2c1=O. The molecule has 7 heteroatoms. The van der Waals surface area contributed by atoms with Crippen LogP contribution in [0.4, 0.5) is 17.6 Å². The van der Waals surface area contributed by atoms with Gasteiger partial charge in [-0.15, -0.1) is 0 Å². The molecule has 18 heavy (non-hydrogen) atoms. The van der Waals surface area contributed by atoms with E-state index in [4.69, 9.17) is 11.6 Å². The van der Waals surface area contributed by atoms with Gasteiger partial charge in [0.25, 0.3) is 0 Å². The van der Waals surface area contributed by atoms with Crippen LogP contribution in [0.5, 0.6) is 0 Å². The fraction of sp³-hybridized carbons (Fsp3) is 0.182. The van der Waals surface area contributed by atoms with Gasteiger partial charge in [0.05, 0.1) is 15.9 Å². The van der Waals surface area contributed by atoms with Gasteiger partial charge >= 0.3 is 6.18 Å². The molecule has 2 nitrogen and oxygen atoms in total. The van der Waals surface area contributed by atoms with Gasteiger partial charge in [0, 0.05) is 5.56 Å². The van der Waals surface area contributed by atoms with Crippen molar-refractivity contribution in [1.82, 2.24) is 4.98 Å². The first-order valence-electron chi connectivity index (χ1n) is 4.81. The van der Waals surface area contributed by atoms with Crippen molar-refractivity contribution in [3.63, 3.8) is 0 Å². The van der Waals surface area contributed by atoms with Gasteiger partial charge in [-0.25, -0.2) is 4.39 Å². The quantitative estimate of drug-likeness (QED) is 0.734. The molecule has 0 bridgehead atoms. The minimum atomic E-state index is -4.76. The van der Waals surface area contributed by atoms with Crippen LogP contribution in [0.15, 0.2) is 16.9 Å². The number of halogens is 5. The van der Waals surface area contributed by atoms with Crippen LogP contribution >= 0.6 is 11.6 Å². The van der Waals surface area contributed by atoms with Crippen LogP contribution in [0.25, 0.3) is 10.9 Å². The molecule has 1 aromatic carbocycles. The maximum Gasteiger partial charge on any atom is 0.431 e. The Morgan fingerprint density at radius 3 is 2.44 bits per heavy atom. The lowest BCUT2D eigenvalue weighted by molar-refractivity contribution is -0.141. The van der Waals surface area contributed by atoms with Crippen LogP contribution < -0.4 is 5.43 Å². The van der Waals surface area contributed by atoms with Gasteiger partial charge in [-0.05, 0) is 19.1 Å². The van der Waals surface area contributed by atoms with Crippen LogP contribution in [-0.2, 0) is 6.18 Å². The van der Waals surface area contributed by atoms with Crippen molar-refractivity contribution in [3.8, 4) is 0 Å². The number of hydrogen-bond donors (Lipinski definition) is 1. The first kappa shape index (κ1) is 12.9. The Morgan fingerprint density at radius 1 is 1.28 bits per heavy atom. The van der Waals surface area contributed by atoms with Crippen LogP contribution in [0.3, 0.4) is 0 Å². The Morgan fingerprint density at radius 2 is 1.89 bits per heavy atom. The fourth-order valence-corrected chi connectivity index (χ4v) is 1.94. The molecule has 0 aliphatic carbocycles. The van der Waals surface area contributed by atoms with E-state index in [-0.39, 0.29) is 10.4 Å². The van der Waals surface area contributed by atoms with Crippen LogP contribution in [0, 0.1) is 12.7 Å². The fourth-order valence-electron chi connectivity index (χ4n) is 1.70. The van der Waals surface area contributed by atoms with E-state index in [1.165, 1.54) is 0 Å². The first-order valence-corrected chi connectivity index (χ1v) is 5.19. The monoisotopic (exact) mass is 279 g/mol. The zero-order chi connectivity index (χ0) is 13.7. The minimum absolute atomic E-state index is 0.0931. The number of benzene rings is 1. The van der Waals surface area contributed by atoms with Gasteiger partial charge in [0.2, 0.25) is 0 Å². The second-order valence-corrected chi connectivity index (χ2v) is 4.14. The summed E-state index contributed by atoms with van der Waals surface area (Å²) in [4.78, 5) is 13.7. The average Bonchev–Trinajstić information content (AvgIpc) is 2.26. The molecule has 2 rings (SSSR count). The summed E-state index contributed by atoms with van der Waals surface area (Å²) in [5.41, 5.74) is -3.27. The average molecular weight is 280 g/mol. The van der Waals surface area contributed by atoms with Crippen molar-refractivity contribution in [2.75, 3.05) is 0 Å². The highest BCUT2D eigenvalue weighted by Crippen LogP contribution is 2.31. The van der Waals surface area contributed by atoms with E-state index in [1.807, 2.05) is 4.98 Å². The number of pyridine rings is 1. The summed E-state index contributed by atoms with van der Waals surface area (Å²) >= 11 is 5.70. The number of rotatable bonds is 0. The molecule has 96 valence electrons. The third kappa shape index (κ3) is 1.86. The van der Waals surface area contributed by atoms with E-state index in [9.17, 15) is 22.4 Å². The van der Waals surface area contributed by atoms with Crippen molar-refractivity contribution in [1.29, 1.82) is 0 Å². The zero-order valence-electron chi connectivity index (χ0n) is 8.95. The molecular weight excluding hydrogens is 274 g/mol. The predicted molar refractivity (Wildman–Crippen MR) is 59.3 cm³/mol. The van der Waals surface area contributed by atoms with Crippen LogP contribution in [0.1, 0.15) is 11.3 Å². The Balaban J connectivity index is 3.02. The highest BCUT2D eigenvalue weighted by Gasteiger charge is 2.35. The van der Waals surface area contributed by atoms with E-state index < -0.39 is 34.2 Å². The summed E-state index contributed by atoms with van der Waals surface area (Å²) in [6.45, 7) is 1.02. The van der Waals surface area contributed by atoms with Crippen LogP contribution in [-0.4, -0.2) is 4.98 Å². The molecule has 2 aromatic rings. The third-order valence-corrected chi connectivity index (χ3v) is 2.89. The van der Waals surface area contributed by atoms with Crippen molar-refractivity contribution < 1.29 is 17.6 Å². The van der Waals surface area contributed by atoms with Crippen LogP contribution in [0.2, 0.25) is 5.02 Å². The Bertz CT molecular complexity index is 690. The lowest BCUT2D eigenvalue weighted by Crippen LogP contribution is -2.19. The molecule has 0 aliphatic heterocycles. The van der Waals surface area contributed by atoms with E-state index in [1.54, 1.807) is 0 Å². The number of hydrogen-bond acceptors (Lipinski definition) is 1. The summed E-state index contributed by atoms with van der Waals surface area (Å²) in [6.07, 6.45) is -4.76. The molecule has 0 amide bonds. The molecule has 0 atom stereocenters. The number of aromatic nitrogens is 1. The van der Waals surface area contributed by atoms with Gasteiger partial charge in [-0.2, -0.15) is 13.2 Å². The lowest BCUT2D eigenvalue weighted by atomic mass is 10.1. The van der Waals surface area contributed by atoms with E-state index in [0.29, 0.717) is 0 Å². The van der Waals surface area contributed by atoms with Gasteiger partial charge in [0.15, 0.2) is 5.43 Å². The zero-order valence-corrected chi connectivity index (χ0v) is 9.71. The summed E-state index contributed by atoms with van der Waals surface area (Å²) in [7, 11) is 0. The third-order valence-electron chi connectivity index (χ3n) is 2.58. The minimum Gasteiger partial charge on any atom is -0.348 e. The summed E-state index contributed by atoms with van der Waals surface area (Å²) in [5.74, 6) is -0.961. The maximum atomic E-state index is 13.4. The highest BCUT2D eigenvalue weighted by molar-refractivity contribution is 6.35. The lowest BCUT2D eigenvalue weighted by Gasteiger charge is -2.12.